The Morgan fingerprint density at radius 1 is 1.17 bits per heavy atom. The summed E-state index contributed by atoms with van der Waals surface area (Å²) in [6, 6.07) is 8.90. The molecule has 1 aromatic rings. The predicted octanol–water partition coefficient (Wildman–Crippen LogP) is 3.30. The largest absolute Gasteiger partial charge is 0.280 e. The molecule has 1 aliphatic rings. The van der Waals surface area contributed by atoms with Crippen LogP contribution in [-0.4, -0.2) is 8.42 Å². The fourth-order valence-corrected chi connectivity index (χ4v) is 2.84. The van der Waals surface area contributed by atoms with Crippen LogP contribution in [0.1, 0.15) is 20.3 Å². The molecule has 4 heteroatoms. The van der Waals surface area contributed by atoms with Crippen LogP contribution >= 0.6 is 0 Å². The first kappa shape index (κ1) is 12.9. The minimum absolute atomic E-state index is 0.0335. The predicted molar refractivity (Wildman–Crippen MR) is 74.6 cm³/mol. The van der Waals surface area contributed by atoms with Crippen molar-refractivity contribution in [3.8, 4) is 0 Å². The fraction of sp³-hybridized carbons (Fsp3) is 0.286. The summed E-state index contributed by atoms with van der Waals surface area (Å²) in [7, 11) is -3.46. The Kier molecular flexibility index (Phi) is 3.30. The molecule has 2 rings (SSSR count). The number of nitrogens with one attached hydrogen (secondary N) is 1. The number of hydrogen-bond donors (Lipinski definition) is 1. The number of para-hydroxylation sites is 1. The van der Waals surface area contributed by atoms with Crippen LogP contribution in [0.25, 0.3) is 0 Å². The third-order valence-corrected chi connectivity index (χ3v) is 4.29. The molecular formula is C14H17NO2S. The van der Waals surface area contributed by atoms with Gasteiger partial charge in [-0.2, -0.15) is 0 Å². The van der Waals surface area contributed by atoms with Crippen LogP contribution in [0.3, 0.4) is 0 Å². The average Bonchev–Trinajstić information content (AvgIpc) is 2.29. The Bertz CT molecular complexity index is 583. The molecule has 0 bridgehead atoms. The van der Waals surface area contributed by atoms with E-state index in [2.05, 4.69) is 18.6 Å². The van der Waals surface area contributed by atoms with Gasteiger partial charge < -0.3 is 0 Å². The minimum atomic E-state index is -3.46. The van der Waals surface area contributed by atoms with Gasteiger partial charge in [-0.05, 0) is 30.0 Å². The summed E-state index contributed by atoms with van der Waals surface area (Å²) >= 11 is 0. The summed E-state index contributed by atoms with van der Waals surface area (Å²) < 4.78 is 26.8. The van der Waals surface area contributed by atoms with Gasteiger partial charge in [-0.1, -0.05) is 44.2 Å². The van der Waals surface area contributed by atoms with Gasteiger partial charge in [0.05, 0.1) is 4.91 Å². The second-order valence-corrected chi connectivity index (χ2v) is 6.79. The third-order valence-electron chi connectivity index (χ3n) is 2.86. The molecule has 0 aliphatic heterocycles. The standard InChI is InChI=1S/C14H17NO2S/c1-14(2)10-8-13(9-11-14)18(16,17)15-12-6-4-3-5-7-12/h3-10,15H,11H2,1-2H3. The third kappa shape index (κ3) is 3.01. The van der Waals surface area contributed by atoms with Crippen molar-refractivity contribution in [1.29, 1.82) is 0 Å². The Balaban J connectivity index is 2.19. The van der Waals surface area contributed by atoms with Gasteiger partial charge in [-0.15, -0.1) is 0 Å². The highest BCUT2D eigenvalue weighted by Crippen LogP contribution is 2.30. The lowest BCUT2D eigenvalue weighted by molar-refractivity contribution is 0.483. The second-order valence-electron chi connectivity index (χ2n) is 5.10. The highest BCUT2D eigenvalue weighted by molar-refractivity contribution is 7.96. The van der Waals surface area contributed by atoms with Crippen molar-refractivity contribution in [2.24, 2.45) is 5.41 Å². The van der Waals surface area contributed by atoms with E-state index in [0.29, 0.717) is 10.6 Å². The van der Waals surface area contributed by atoms with E-state index < -0.39 is 10.0 Å². The van der Waals surface area contributed by atoms with Gasteiger partial charge in [0.25, 0.3) is 10.0 Å². The zero-order chi connectivity index (χ0) is 13.2. The SMILES string of the molecule is CC1(C)C=CC(S(=O)(=O)Nc2ccccc2)=CC1. The number of hydrogen-bond acceptors (Lipinski definition) is 2. The summed E-state index contributed by atoms with van der Waals surface area (Å²) in [5.41, 5.74) is 0.614. The second kappa shape index (κ2) is 4.61. The van der Waals surface area contributed by atoms with E-state index in [-0.39, 0.29) is 5.41 Å². The first-order chi connectivity index (χ1) is 8.39. The molecule has 96 valence electrons. The van der Waals surface area contributed by atoms with Crippen molar-refractivity contribution in [1.82, 2.24) is 0 Å². The van der Waals surface area contributed by atoms with Crippen LogP contribution in [0.2, 0.25) is 0 Å². The van der Waals surface area contributed by atoms with E-state index in [0.717, 1.165) is 6.42 Å². The van der Waals surface area contributed by atoms with Crippen molar-refractivity contribution in [2.45, 2.75) is 20.3 Å². The van der Waals surface area contributed by atoms with E-state index >= 15 is 0 Å². The van der Waals surface area contributed by atoms with E-state index in [1.54, 1.807) is 36.4 Å². The number of sulfonamides is 1. The van der Waals surface area contributed by atoms with Crippen molar-refractivity contribution >= 4 is 15.7 Å². The minimum Gasteiger partial charge on any atom is -0.280 e. The fourth-order valence-electron chi connectivity index (χ4n) is 1.73. The van der Waals surface area contributed by atoms with Gasteiger partial charge in [0.15, 0.2) is 0 Å². The molecule has 0 heterocycles. The molecule has 1 N–H and O–H groups in total. The lowest BCUT2D eigenvalue weighted by Gasteiger charge is -2.22. The van der Waals surface area contributed by atoms with Gasteiger partial charge in [-0.3, -0.25) is 4.72 Å². The lowest BCUT2D eigenvalue weighted by atomic mass is 9.86. The maximum Gasteiger partial charge on any atom is 0.261 e. The summed E-state index contributed by atoms with van der Waals surface area (Å²) in [5.74, 6) is 0. The normalized spacial score (nSPS) is 18.2. The number of anilines is 1. The maximum absolute atomic E-state index is 12.1. The van der Waals surface area contributed by atoms with Gasteiger partial charge in [0.1, 0.15) is 0 Å². The number of allylic oxidation sites excluding steroid dienone is 3. The molecule has 0 saturated carbocycles. The molecule has 18 heavy (non-hydrogen) atoms. The first-order valence-corrected chi connectivity index (χ1v) is 7.35. The Morgan fingerprint density at radius 2 is 1.83 bits per heavy atom. The molecule has 0 fully saturated rings. The molecule has 0 unspecified atom stereocenters. The maximum atomic E-state index is 12.1. The van der Waals surface area contributed by atoms with Gasteiger partial charge in [-0.25, -0.2) is 8.42 Å². The summed E-state index contributed by atoms with van der Waals surface area (Å²) in [6.07, 6.45) is 6.11. The van der Waals surface area contributed by atoms with E-state index in [1.165, 1.54) is 0 Å². The molecule has 0 saturated heterocycles. The number of rotatable bonds is 3. The quantitative estimate of drug-likeness (QED) is 0.909. The Labute approximate surface area is 108 Å². The van der Waals surface area contributed by atoms with Crippen LogP contribution in [0.15, 0.2) is 53.5 Å². The monoisotopic (exact) mass is 263 g/mol. The van der Waals surface area contributed by atoms with Crippen molar-refractivity contribution in [3.63, 3.8) is 0 Å². The highest BCUT2D eigenvalue weighted by Gasteiger charge is 2.22. The molecule has 1 aliphatic carbocycles. The zero-order valence-electron chi connectivity index (χ0n) is 10.6. The molecule has 0 amide bonds. The van der Waals surface area contributed by atoms with Crippen molar-refractivity contribution < 1.29 is 8.42 Å². The smallest absolute Gasteiger partial charge is 0.261 e. The molecular weight excluding hydrogens is 246 g/mol. The molecule has 0 atom stereocenters. The average molecular weight is 263 g/mol. The van der Waals surface area contributed by atoms with Crippen LogP contribution in [0.5, 0.6) is 0 Å². The Morgan fingerprint density at radius 3 is 2.39 bits per heavy atom. The van der Waals surface area contributed by atoms with Crippen molar-refractivity contribution in [3.05, 3.63) is 53.5 Å². The topological polar surface area (TPSA) is 46.2 Å². The van der Waals surface area contributed by atoms with Gasteiger partial charge in [0, 0.05) is 5.69 Å². The zero-order valence-corrected chi connectivity index (χ0v) is 11.4. The van der Waals surface area contributed by atoms with Crippen LogP contribution in [0.4, 0.5) is 5.69 Å². The molecule has 0 aromatic heterocycles. The molecule has 3 nitrogen and oxygen atoms in total. The van der Waals surface area contributed by atoms with E-state index in [1.807, 2.05) is 12.1 Å². The summed E-state index contributed by atoms with van der Waals surface area (Å²) in [4.78, 5) is 0.339. The molecule has 1 aromatic carbocycles. The summed E-state index contributed by atoms with van der Waals surface area (Å²) in [6.45, 7) is 4.15. The molecule has 0 radical (unpaired) electrons. The van der Waals surface area contributed by atoms with Crippen LogP contribution < -0.4 is 4.72 Å². The number of benzene rings is 1. The highest BCUT2D eigenvalue weighted by atomic mass is 32.2. The van der Waals surface area contributed by atoms with Crippen LogP contribution in [-0.2, 0) is 10.0 Å². The first-order valence-electron chi connectivity index (χ1n) is 5.86. The van der Waals surface area contributed by atoms with Gasteiger partial charge in [0.2, 0.25) is 0 Å². The Hall–Kier alpha value is -1.55. The van der Waals surface area contributed by atoms with Crippen LogP contribution in [0, 0.1) is 5.41 Å². The molecule has 0 spiro atoms. The van der Waals surface area contributed by atoms with E-state index in [9.17, 15) is 8.42 Å². The summed E-state index contributed by atoms with van der Waals surface area (Å²) in [5, 5.41) is 0. The van der Waals surface area contributed by atoms with Crippen molar-refractivity contribution in [2.75, 3.05) is 4.72 Å². The lowest BCUT2D eigenvalue weighted by Crippen LogP contribution is -2.18. The van der Waals surface area contributed by atoms with E-state index in [4.69, 9.17) is 0 Å². The van der Waals surface area contributed by atoms with Gasteiger partial charge >= 0.3 is 0 Å².